The molecule has 1 saturated heterocycles. The van der Waals surface area contributed by atoms with Crippen LogP contribution >= 0.6 is 23.2 Å². The zero-order chi connectivity index (χ0) is 13.9. The van der Waals surface area contributed by atoms with E-state index >= 15 is 0 Å². The molecule has 0 spiro atoms. The number of nitrogens with one attached hydrogen (secondary N) is 2. The Labute approximate surface area is 128 Å². The van der Waals surface area contributed by atoms with Gasteiger partial charge in [-0.15, -0.1) is 0 Å². The van der Waals surface area contributed by atoms with Crippen LogP contribution in [-0.2, 0) is 0 Å². The van der Waals surface area contributed by atoms with Crippen LogP contribution in [0.4, 0.5) is 0 Å². The molecule has 1 aliphatic heterocycles. The molecule has 2 aromatic rings. The summed E-state index contributed by atoms with van der Waals surface area (Å²) in [5.41, 5.74) is 1.98. The summed E-state index contributed by atoms with van der Waals surface area (Å²) in [5, 5.41) is 4.68. The highest BCUT2D eigenvalue weighted by Crippen LogP contribution is 2.29. The Kier molecular flexibility index (Phi) is 4.29. The quantitative estimate of drug-likeness (QED) is 0.852. The van der Waals surface area contributed by atoms with E-state index in [-0.39, 0.29) is 0 Å². The molecular formula is C15H17Cl2N3. The molecule has 1 fully saturated rings. The number of imidazole rings is 1. The van der Waals surface area contributed by atoms with Gasteiger partial charge in [-0.1, -0.05) is 42.1 Å². The van der Waals surface area contributed by atoms with Crippen molar-refractivity contribution in [3.8, 4) is 11.3 Å². The molecule has 3 rings (SSSR count). The first kappa shape index (κ1) is 13.9. The van der Waals surface area contributed by atoms with Crippen molar-refractivity contribution in [1.29, 1.82) is 0 Å². The normalized spacial score (nSPS) is 19.8. The number of hydrogen-bond acceptors (Lipinski definition) is 2. The van der Waals surface area contributed by atoms with E-state index in [1.165, 1.54) is 19.3 Å². The van der Waals surface area contributed by atoms with Crippen molar-refractivity contribution in [3.05, 3.63) is 40.3 Å². The lowest BCUT2D eigenvalue weighted by Crippen LogP contribution is -2.21. The van der Waals surface area contributed by atoms with Crippen LogP contribution in [0.3, 0.4) is 0 Å². The lowest BCUT2D eigenvalue weighted by Gasteiger charge is -2.12. The standard InChI is InChI=1S/C15H17Cl2N3/c16-11-6-5-10(8-12(11)17)14-9-19-15(20-14)13-4-2-1-3-7-18-13/h5-6,8-9,13,18H,1-4,7H2,(H,19,20). The zero-order valence-corrected chi connectivity index (χ0v) is 12.6. The fourth-order valence-electron chi connectivity index (χ4n) is 2.59. The third kappa shape index (κ3) is 3.00. The van der Waals surface area contributed by atoms with Gasteiger partial charge in [0.25, 0.3) is 0 Å². The minimum Gasteiger partial charge on any atom is -0.341 e. The van der Waals surface area contributed by atoms with Crippen LogP contribution in [-0.4, -0.2) is 16.5 Å². The lowest BCUT2D eigenvalue weighted by molar-refractivity contribution is 0.512. The van der Waals surface area contributed by atoms with Gasteiger partial charge in [-0.05, 0) is 31.5 Å². The van der Waals surface area contributed by atoms with Gasteiger partial charge in [-0.25, -0.2) is 4.98 Å². The summed E-state index contributed by atoms with van der Waals surface area (Å²) in [6.07, 6.45) is 6.79. The molecule has 1 aromatic heterocycles. The summed E-state index contributed by atoms with van der Waals surface area (Å²) < 4.78 is 0. The smallest absolute Gasteiger partial charge is 0.123 e. The number of H-pyrrole nitrogens is 1. The van der Waals surface area contributed by atoms with Crippen LogP contribution < -0.4 is 5.32 Å². The first-order chi connectivity index (χ1) is 9.74. The summed E-state index contributed by atoms with van der Waals surface area (Å²) >= 11 is 12.0. The van der Waals surface area contributed by atoms with E-state index < -0.39 is 0 Å². The monoisotopic (exact) mass is 309 g/mol. The van der Waals surface area contributed by atoms with E-state index in [1.54, 1.807) is 0 Å². The van der Waals surface area contributed by atoms with E-state index in [0.717, 1.165) is 30.0 Å². The van der Waals surface area contributed by atoms with Gasteiger partial charge in [-0.3, -0.25) is 0 Å². The molecule has 1 aliphatic rings. The fourth-order valence-corrected chi connectivity index (χ4v) is 2.88. The molecule has 2 N–H and O–H groups in total. The van der Waals surface area contributed by atoms with Crippen molar-refractivity contribution in [2.24, 2.45) is 0 Å². The number of halogens is 2. The maximum absolute atomic E-state index is 6.06. The molecule has 0 bridgehead atoms. The van der Waals surface area contributed by atoms with Crippen molar-refractivity contribution in [3.63, 3.8) is 0 Å². The van der Waals surface area contributed by atoms with Crippen molar-refractivity contribution in [2.75, 3.05) is 6.54 Å². The number of benzene rings is 1. The van der Waals surface area contributed by atoms with Gasteiger partial charge in [0, 0.05) is 5.56 Å². The zero-order valence-electron chi connectivity index (χ0n) is 11.1. The van der Waals surface area contributed by atoms with Crippen molar-refractivity contribution < 1.29 is 0 Å². The molecule has 5 heteroatoms. The van der Waals surface area contributed by atoms with Crippen molar-refractivity contribution in [1.82, 2.24) is 15.3 Å². The van der Waals surface area contributed by atoms with E-state index in [9.17, 15) is 0 Å². The Morgan fingerprint density at radius 2 is 2.00 bits per heavy atom. The highest BCUT2D eigenvalue weighted by atomic mass is 35.5. The molecule has 1 aromatic carbocycles. The van der Waals surface area contributed by atoms with E-state index in [1.807, 2.05) is 24.4 Å². The highest BCUT2D eigenvalue weighted by Gasteiger charge is 2.17. The SMILES string of the molecule is Clc1ccc(-c2cnc(C3CCCCCN3)[nH]2)cc1Cl. The first-order valence-corrected chi connectivity index (χ1v) is 7.73. The molecule has 1 atom stereocenters. The lowest BCUT2D eigenvalue weighted by atomic mass is 10.1. The van der Waals surface area contributed by atoms with Gasteiger partial charge in [0.2, 0.25) is 0 Å². The Hall–Kier alpha value is -1.03. The molecule has 20 heavy (non-hydrogen) atoms. The molecule has 2 heterocycles. The van der Waals surface area contributed by atoms with Gasteiger partial charge < -0.3 is 10.3 Å². The minimum absolute atomic E-state index is 0.328. The maximum Gasteiger partial charge on any atom is 0.123 e. The molecule has 0 amide bonds. The average Bonchev–Trinajstić information content (AvgIpc) is 2.78. The van der Waals surface area contributed by atoms with Crippen LogP contribution in [0.1, 0.15) is 37.5 Å². The van der Waals surface area contributed by atoms with Crippen LogP contribution in [0.25, 0.3) is 11.3 Å². The Bertz CT molecular complexity index is 587. The summed E-state index contributed by atoms with van der Waals surface area (Å²) in [7, 11) is 0. The largest absolute Gasteiger partial charge is 0.341 e. The fraction of sp³-hybridized carbons (Fsp3) is 0.400. The Balaban J connectivity index is 1.83. The molecule has 0 aliphatic carbocycles. The number of aromatic nitrogens is 2. The number of rotatable bonds is 2. The van der Waals surface area contributed by atoms with Crippen molar-refractivity contribution >= 4 is 23.2 Å². The van der Waals surface area contributed by atoms with Crippen LogP contribution in [0, 0.1) is 0 Å². The summed E-state index contributed by atoms with van der Waals surface area (Å²) in [6.45, 7) is 1.06. The number of aromatic amines is 1. The predicted molar refractivity (Wildman–Crippen MR) is 83.3 cm³/mol. The van der Waals surface area contributed by atoms with Gasteiger partial charge in [0.05, 0.1) is 28.0 Å². The topological polar surface area (TPSA) is 40.7 Å². The third-order valence-electron chi connectivity index (χ3n) is 3.72. The second kappa shape index (κ2) is 6.17. The van der Waals surface area contributed by atoms with Crippen molar-refractivity contribution in [2.45, 2.75) is 31.7 Å². The summed E-state index contributed by atoms with van der Waals surface area (Å²) in [6, 6.07) is 5.95. The molecule has 106 valence electrons. The second-order valence-electron chi connectivity index (χ2n) is 5.17. The Morgan fingerprint density at radius 1 is 1.10 bits per heavy atom. The molecule has 3 nitrogen and oxygen atoms in total. The number of nitrogens with zero attached hydrogens (tertiary/aromatic N) is 1. The second-order valence-corrected chi connectivity index (χ2v) is 5.98. The van der Waals surface area contributed by atoms with Gasteiger partial charge in [-0.2, -0.15) is 0 Å². The third-order valence-corrected chi connectivity index (χ3v) is 4.46. The van der Waals surface area contributed by atoms with Crippen LogP contribution in [0.15, 0.2) is 24.4 Å². The Morgan fingerprint density at radius 3 is 2.85 bits per heavy atom. The summed E-state index contributed by atoms with van der Waals surface area (Å²) in [5.74, 6) is 1.01. The average molecular weight is 310 g/mol. The first-order valence-electron chi connectivity index (χ1n) is 6.98. The predicted octanol–water partition coefficient (Wildman–Crippen LogP) is 4.59. The summed E-state index contributed by atoms with van der Waals surface area (Å²) in [4.78, 5) is 7.91. The van der Waals surface area contributed by atoms with E-state index in [4.69, 9.17) is 23.2 Å². The number of hydrogen-bond donors (Lipinski definition) is 2. The van der Waals surface area contributed by atoms with Gasteiger partial charge in [0.15, 0.2) is 0 Å². The molecule has 0 radical (unpaired) electrons. The van der Waals surface area contributed by atoms with Gasteiger partial charge >= 0.3 is 0 Å². The minimum atomic E-state index is 0.328. The van der Waals surface area contributed by atoms with Gasteiger partial charge in [0.1, 0.15) is 5.82 Å². The molecule has 0 saturated carbocycles. The van der Waals surface area contributed by atoms with Crippen LogP contribution in [0.2, 0.25) is 10.0 Å². The highest BCUT2D eigenvalue weighted by molar-refractivity contribution is 6.42. The van der Waals surface area contributed by atoms with Crippen LogP contribution in [0.5, 0.6) is 0 Å². The molecule has 1 unspecified atom stereocenters. The molecular weight excluding hydrogens is 293 g/mol. The maximum atomic E-state index is 6.06. The van der Waals surface area contributed by atoms with E-state index in [2.05, 4.69) is 15.3 Å². The van der Waals surface area contributed by atoms with E-state index in [0.29, 0.717) is 16.1 Å².